The molecular weight excluding hydrogens is 350 g/mol. The number of hydrogen-bond donors (Lipinski definition) is 1. The molecule has 2 saturated heterocycles. The molecule has 3 aliphatic rings. The number of nitrogens with zero attached hydrogens (tertiary/aromatic N) is 2. The van der Waals surface area contributed by atoms with E-state index in [0.717, 1.165) is 70.3 Å². The number of carbonyl (C=O) groups excluding carboxylic acids is 2. The molecule has 1 aromatic rings. The normalized spacial score (nSPS) is 24.2. The van der Waals surface area contributed by atoms with Gasteiger partial charge in [-0.25, -0.2) is 0 Å². The van der Waals surface area contributed by atoms with Crippen LogP contribution in [-0.2, 0) is 16.0 Å². The van der Waals surface area contributed by atoms with Crippen LogP contribution in [0.25, 0.3) is 0 Å². The Hall–Kier alpha value is -1.88. The zero-order valence-corrected chi connectivity index (χ0v) is 17.0. The summed E-state index contributed by atoms with van der Waals surface area (Å²) >= 11 is 0. The molecule has 4 rings (SSSR count). The lowest BCUT2D eigenvalue weighted by molar-refractivity contribution is -0.132. The second kappa shape index (κ2) is 8.64. The molecule has 1 N–H and O–H groups in total. The number of carbonyl (C=O) groups is 2. The third-order valence-corrected chi connectivity index (χ3v) is 6.68. The van der Waals surface area contributed by atoms with E-state index in [1.54, 1.807) is 0 Å². The van der Waals surface area contributed by atoms with Crippen LogP contribution >= 0.6 is 0 Å². The summed E-state index contributed by atoms with van der Waals surface area (Å²) in [7, 11) is 0. The van der Waals surface area contributed by atoms with Crippen LogP contribution in [0.3, 0.4) is 0 Å². The number of aryl methyl sites for hydroxylation is 1. The zero-order valence-electron chi connectivity index (χ0n) is 17.0. The van der Waals surface area contributed by atoms with Crippen LogP contribution in [0.15, 0.2) is 24.3 Å². The van der Waals surface area contributed by atoms with Gasteiger partial charge in [-0.2, -0.15) is 0 Å². The standard InChI is InChI=1S/C23H33N3O2/c1-17-5-2-3-6-18(17)15-22(27)25-13-10-21(11-14-25)26-12-4-7-19(16-26)23(28)24-20-8-9-20/h2-3,5-6,19-21H,4,7-16H2,1H3,(H,24,28). The first-order valence-electron chi connectivity index (χ1n) is 11.0. The SMILES string of the molecule is Cc1ccccc1CC(=O)N1CCC(N2CCCC(C(=O)NC3CC3)C2)CC1. The fourth-order valence-corrected chi connectivity index (χ4v) is 4.66. The van der Waals surface area contributed by atoms with E-state index in [1.165, 1.54) is 5.56 Å². The highest BCUT2D eigenvalue weighted by Gasteiger charge is 2.34. The number of amides is 2. The molecule has 28 heavy (non-hydrogen) atoms. The third-order valence-electron chi connectivity index (χ3n) is 6.68. The minimum absolute atomic E-state index is 0.148. The summed E-state index contributed by atoms with van der Waals surface area (Å²) in [6.45, 7) is 5.73. The molecule has 5 nitrogen and oxygen atoms in total. The summed E-state index contributed by atoms with van der Waals surface area (Å²) < 4.78 is 0. The van der Waals surface area contributed by atoms with Crippen molar-refractivity contribution >= 4 is 11.8 Å². The van der Waals surface area contributed by atoms with Crippen molar-refractivity contribution in [1.29, 1.82) is 0 Å². The predicted octanol–water partition coefficient (Wildman–Crippen LogP) is 2.52. The van der Waals surface area contributed by atoms with E-state index in [-0.39, 0.29) is 17.7 Å². The molecule has 2 heterocycles. The number of piperidine rings is 2. The molecule has 5 heteroatoms. The molecule has 2 amide bonds. The Bertz CT molecular complexity index is 708. The first-order chi connectivity index (χ1) is 13.6. The predicted molar refractivity (Wildman–Crippen MR) is 110 cm³/mol. The van der Waals surface area contributed by atoms with Crippen LogP contribution in [0.5, 0.6) is 0 Å². The highest BCUT2D eigenvalue weighted by Crippen LogP contribution is 2.26. The van der Waals surface area contributed by atoms with Crippen molar-refractivity contribution in [2.75, 3.05) is 26.2 Å². The topological polar surface area (TPSA) is 52.7 Å². The lowest BCUT2D eigenvalue weighted by atomic mass is 9.93. The Labute approximate surface area is 168 Å². The maximum absolute atomic E-state index is 12.7. The number of rotatable bonds is 5. The first-order valence-corrected chi connectivity index (χ1v) is 11.0. The zero-order chi connectivity index (χ0) is 19.5. The van der Waals surface area contributed by atoms with Gasteiger partial charge in [0.25, 0.3) is 0 Å². The highest BCUT2D eigenvalue weighted by molar-refractivity contribution is 5.80. The summed E-state index contributed by atoms with van der Waals surface area (Å²) in [6, 6.07) is 9.12. The first kappa shape index (κ1) is 19.4. The Morgan fingerprint density at radius 2 is 1.79 bits per heavy atom. The van der Waals surface area contributed by atoms with Gasteiger partial charge in [0.2, 0.25) is 11.8 Å². The third kappa shape index (κ3) is 4.75. The molecule has 152 valence electrons. The minimum Gasteiger partial charge on any atom is -0.353 e. The average molecular weight is 384 g/mol. The van der Waals surface area contributed by atoms with Gasteiger partial charge in [-0.05, 0) is 63.1 Å². The molecule has 2 aliphatic heterocycles. The molecule has 1 aromatic carbocycles. The van der Waals surface area contributed by atoms with E-state index in [4.69, 9.17) is 0 Å². The number of likely N-dealkylation sites (tertiary alicyclic amines) is 2. The van der Waals surface area contributed by atoms with E-state index in [1.807, 2.05) is 17.0 Å². The lowest BCUT2D eigenvalue weighted by Gasteiger charge is -2.42. The fraction of sp³-hybridized carbons (Fsp3) is 0.652. The van der Waals surface area contributed by atoms with Gasteiger partial charge in [0.15, 0.2) is 0 Å². The second-order valence-electron chi connectivity index (χ2n) is 8.83. The van der Waals surface area contributed by atoms with Crippen LogP contribution in [0.1, 0.15) is 49.7 Å². The van der Waals surface area contributed by atoms with E-state index in [9.17, 15) is 9.59 Å². The van der Waals surface area contributed by atoms with Crippen LogP contribution in [0, 0.1) is 12.8 Å². The number of benzene rings is 1. The molecule has 0 bridgehead atoms. The highest BCUT2D eigenvalue weighted by atomic mass is 16.2. The van der Waals surface area contributed by atoms with Crippen LogP contribution in [0.4, 0.5) is 0 Å². The van der Waals surface area contributed by atoms with Crippen molar-refractivity contribution in [2.24, 2.45) is 5.92 Å². The van der Waals surface area contributed by atoms with Crippen molar-refractivity contribution in [3.8, 4) is 0 Å². The van der Waals surface area contributed by atoms with Gasteiger partial charge >= 0.3 is 0 Å². The molecule has 1 aliphatic carbocycles. The molecule has 1 atom stereocenters. The molecule has 1 saturated carbocycles. The van der Waals surface area contributed by atoms with E-state index in [0.29, 0.717) is 18.5 Å². The molecule has 1 unspecified atom stereocenters. The summed E-state index contributed by atoms with van der Waals surface area (Å²) in [5.74, 6) is 0.654. The quantitative estimate of drug-likeness (QED) is 0.850. The molecule has 3 fully saturated rings. The van der Waals surface area contributed by atoms with Gasteiger partial charge in [0.1, 0.15) is 0 Å². The summed E-state index contributed by atoms with van der Waals surface area (Å²) in [5, 5.41) is 3.18. The summed E-state index contributed by atoms with van der Waals surface area (Å²) in [5.41, 5.74) is 2.32. The van der Waals surface area contributed by atoms with Crippen LogP contribution < -0.4 is 5.32 Å². The Balaban J connectivity index is 1.25. The van der Waals surface area contributed by atoms with E-state index in [2.05, 4.69) is 29.3 Å². The molecular formula is C23H33N3O2. The Morgan fingerprint density at radius 1 is 1.04 bits per heavy atom. The number of nitrogens with one attached hydrogen (secondary N) is 1. The fourth-order valence-electron chi connectivity index (χ4n) is 4.66. The van der Waals surface area contributed by atoms with Gasteiger partial charge in [-0.15, -0.1) is 0 Å². The van der Waals surface area contributed by atoms with E-state index >= 15 is 0 Å². The van der Waals surface area contributed by atoms with Crippen molar-refractivity contribution < 1.29 is 9.59 Å². The van der Waals surface area contributed by atoms with E-state index < -0.39 is 0 Å². The monoisotopic (exact) mass is 383 g/mol. The van der Waals surface area contributed by atoms with Crippen LogP contribution in [-0.4, -0.2) is 59.9 Å². The average Bonchev–Trinajstić information content (AvgIpc) is 3.54. The summed E-state index contributed by atoms with van der Waals surface area (Å²) in [6.07, 6.45) is 6.98. The Kier molecular flexibility index (Phi) is 6.00. The van der Waals surface area contributed by atoms with Crippen molar-refractivity contribution in [1.82, 2.24) is 15.1 Å². The molecule has 0 aromatic heterocycles. The second-order valence-corrected chi connectivity index (χ2v) is 8.83. The molecule has 0 spiro atoms. The van der Waals surface area contributed by atoms with Gasteiger partial charge in [0.05, 0.1) is 12.3 Å². The number of hydrogen-bond acceptors (Lipinski definition) is 3. The van der Waals surface area contributed by atoms with Crippen molar-refractivity contribution in [2.45, 2.75) is 64.0 Å². The molecule has 0 radical (unpaired) electrons. The van der Waals surface area contributed by atoms with Gasteiger partial charge < -0.3 is 10.2 Å². The van der Waals surface area contributed by atoms with Crippen LogP contribution in [0.2, 0.25) is 0 Å². The van der Waals surface area contributed by atoms with Gasteiger partial charge in [-0.3, -0.25) is 14.5 Å². The van der Waals surface area contributed by atoms with Crippen molar-refractivity contribution in [3.63, 3.8) is 0 Å². The van der Waals surface area contributed by atoms with Gasteiger partial charge in [-0.1, -0.05) is 24.3 Å². The maximum atomic E-state index is 12.7. The van der Waals surface area contributed by atoms with Gasteiger partial charge in [0, 0.05) is 31.7 Å². The summed E-state index contributed by atoms with van der Waals surface area (Å²) in [4.78, 5) is 29.7. The van der Waals surface area contributed by atoms with Crippen molar-refractivity contribution in [3.05, 3.63) is 35.4 Å². The smallest absolute Gasteiger partial charge is 0.227 e. The maximum Gasteiger partial charge on any atom is 0.227 e. The lowest BCUT2D eigenvalue weighted by Crippen LogP contribution is -2.51. The Morgan fingerprint density at radius 3 is 2.50 bits per heavy atom. The minimum atomic E-state index is 0.148. The largest absolute Gasteiger partial charge is 0.353 e.